The molecule has 184 valence electrons. The Kier molecular flexibility index (Phi) is 6.80. The van der Waals surface area contributed by atoms with Gasteiger partial charge in [0, 0.05) is 17.8 Å². The summed E-state index contributed by atoms with van der Waals surface area (Å²) < 4.78 is 16.1. The summed E-state index contributed by atoms with van der Waals surface area (Å²) in [5.41, 5.74) is 4.13. The molecule has 2 N–H and O–H groups in total. The van der Waals surface area contributed by atoms with Gasteiger partial charge >= 0.3 is 5.97 Å². The predicted octanol–water partition coefficient (Wildman–Crippen LogP) is 5.65. The molecule has 1 fully saturated rings. The van der Waals surface area contributed by atoms with Gasteiger partial charge in [-0.15, -0.1) is 0 Å². The smallest absolute Gasteiger partial charge is 0.303 e. The molecule has 1 amide bonds. The van der Waals surface area contributed by atoms with Gasteiger partial charge in [-0.1, -0.05) is 54.6 Å². The number of benzene rings is 3. The normalized spacial score (nSPS) is 17.7. The van der Waals surface area contributed by atoms with Crippen molar-refractivity contribution in [3.8, 4) is 11.1 Å². The Morgan fingerprint density at radius 3 is 2.36 bits per heavy atom. The van der Waals surface area contributed by atoms with Crippen LogP contribution in [0.2, 0.25) is 0 Å². The summed E-state index contributed by atoms with van der Waals surface area (Å²) in [6.45, 7) is 0.449. The Morgan fingerprint density at radius 1 is 0.972 bits per heavy atom. The first-order valence-electron chi connectivity index (χ1n) is 12.3. The number of hydrogen-bond donors (Lipinski definition) is 2. The lowest BCUT2D eigenvalue weighted by Crippen LogP contribution is -2.38. The van der Waals surface area contributed by atoms with E-state index in [1.165, 1.54) is 12.1 Å². The maximum absolute atomic E-state index is 14.4. The lowest BCUT2D eigenvalue weighted by atomic mass is 9.84. The number of halogens is 1. The standard InChI is InChI=1S/C29H28FN3O3/c30-24-15-23-17-31-33(18-20-6-10-22(11-7-20)21-4-2-1-3-5-21)28(23)26(16-24)29(36)32-25-12-8-19(9-13-25)14-27(34)35/h1-7,10-11,15-17,19,25H,8-9,12-14,18H2,(H,32,36)(H,34,35). The first kappa shape index (κ1) is 23.7. The van der Waals surface area contributed by atoms with Crippen molar-refractivity contribution >= 4 is 22.8 Å². The number of rotatable bonds is 7. The fourth-order valence-corrected chi connectivity index (χ4v) is 5.12. The maximum atomic E-state index is 14.4. The number of amides is 1. The number of aliphatic carboxylic acids is 1. The molecular formula is C29H28FN3O3. The van der Waals surface area contributed by atoms with Crippen LogP contribution in [0.3, 0.4) is 0 Å². The van der Waals surface area contributed by atoms with E-state index in [0.29, 0.717) is 17.4 Å². The van der Waals surface area contributed by atoms with Crippen LogP contribution in [0.4, 0.5) is 4.39 Å². The van der Waals surface area contributed by atoms with Crippen molar-refractivity contribution in [1.29, 1.82) is 0 Å². The van der Waals surface area contributed by atoms with Gasteiger partial charge in [0.25, 0.3) is 5.91 Å². The minimum Gasteiger partial charge on any atom is -0.481 e. The fourth-order valence-electron chi connectivity index (χ4n) is 5.12. The van der Waals surface area contributed by atoms with E-state index in [0.717, 1.165) is 42.4 Å². The third-order valence-corrected chi connectivity index (χ3v) is 6.98. The van der Waals surface area contributed by atoms with E-state index in [1.807, 2.05) is 30.3 Å². The van der Waals surface area contributed by atoms with Crippen LogP contribution in [0.5, 0.6) is 0 Å². The number of fused-ring (bicyclic) bond motifs is 1. The molecule has 1 aromatic heterocycles. The number of nitrogens with zero attached hydrogens (tertiary/aromatic N) is 2. The van der Waals surface area contributed by atoms with Crippen LogP contribution in [0.15, 0.2) is 72.9 Å². The van der Waals surface area contributed by atoms with Crippen molar-refractivity contribution in [1.82, 2.24) is 15.1 Å². The molecule has 1 saturated carbocycles. The molecule has 0 bridgehead atoms. The minimum absolute atomic E-state index is 0.0530. The molecule has 4 aromatic rings. The number of carboxylic acids is 1. The van der Waals surface area contributed by atoms with Gasteiger partial charge in [0.05, 0.1) is 23.8 Å². The van der Waals surface area contributed by atoms with Crippen LogP contribution >= 0.6 is 0 Å². The number of carboxylic acid groups (broad SMARTS) is 1. The van der Waals surface area contributed by atoms with Crippen molar-refractivity contribution in [2.24, 2.45) is 5.92 Å². The van der Waals surface area contributed by atoms with E-state index in [9.17, 15) is 14.0 Å². The van der Waals surface area contributed by atoms with Crippen LogP contribution in [0.25, 0.3) is 22.0 Å². The van der Waals surface area contributed by atoms with Gasteiger partial charge in [0.1, 0.15) is 5.82 Å². The Bertz CT molecular complexity index is 1370. The summed E-state index contributed by atoms with van der Waals surface area (Å²) in [5, 5.41) is 17.1. The zero-order valence-electron chi connectivity index (χ0n) is 19.9. The molecular weight excluding hydrogens is 457 g/mol. The fraction of sp³-hybridized carbons (Fsp3) is 0.276. The summed E-state index contributed by atoms with van der Waals surface area (Å²) in [6, 6.07) is 20.9. The molecule has 0 unspecified atom stereocenters. The first-order chi connectivity index (χ1) is 17.5. The molecule has 7 heteroatoms. The van der Waals surface area contributed by atoms with Gasteiger partial charge in [-0.25, -0.2) is 4.39 Å². The van der Waals surface area contributed by atoms with Gasteiger partial charge in [-0.05, 0) is 60.4 Å². The minimum atomic E-state index is -0.785. The Labute approximate surface area is 208 Å². The molecule has 0 saturated heterocycles. The van der Waals surface area contributed by atoms with Crippen LogP contribution in [0.1, 0.15) is 48.0 Å². The maximum Gasteiger partial charge on any atom is 0.303 e. The number of carbonyl (C=O) groups excluding carboxylic acids is 1. The summed E-state index contributed by atoms with van der Waals surface area (Å²) >= 11 is 0. The van der Waals surface area contributed by atoms with Gasteiger partial charge in [0.2, 0.25) is 0 Å². The monoisotopic (exact) mass is 485 g/mol. The van der Waals surface area contributed by atoms with Gasteiger partial charge < -0.3 is 10.4 Å². The van der Waals surface area contributed by atoms with E-state index in [1.54, 1.807) is 10.9 Å². The highest BCUT2D eigenvalue weighted by molar-refractivity contribution is 6.05. The molecule has 1 heterocycles. The predicted molar refractivity (Wildman–Crippen MR) is 136 cm³/mol. The number of carbonyl (C=O) groups is 2. The zero-order valence-corrected chi connectivity index (χ0v) is 19.9. The first-order valence-corrected chi connectivity index (χ1v) is 12.3. The molecule has 5 rings (SSSR count). The average Bonchev–Trinajstić information content (AvgIpc) is 3.27. The molecule has 1 aliphatic rings. The summed E-state index contributed by atoms with van der Waals surface area (Å²) in [6.07, 6.45) is 4.70. The second-order valence-electron chi connectivity index (χ2n) is 9.55. The molecule has 6 nitrogen and oxygen atoms in total. The topological polar surface area (TPSA) is 84.2 Å². The Balaban J connectivity index is 1.34. The molecule has 3 aromatic carbocycles. The molecule has 0 spiro atoms. The lowest BCUT2D eigenvalue weighted by molar-refractivity contribution is -0.138. The van der Waals surface area contributed by atoms with E-state index < -0.39 is 11.8 Å². The summed E-state index contributed by atoms with van der Waals surface area (Å²) in [7, 11) is 0. The largest absolute Gasteiger partial charge is 0.481 e. The molecule has 1 aliphatic carbocycles. The number of hydrogen-bond acceptors (Lipinski definition) is 3. The van der Waals surface area contributed by atoms with Crippen molar-refractivity contribution in [2.45, 2.75) is 44.7 Å². The van der Waals surface area contributed by atoms with Gasteiger partial charge in [-0.3, -0.25) is 14.3 Å². The molecule has 0 atom stereocenters. The number of aromatic nitrogens is 2. The van der Waals surface area contributed by atoms with E-state index >= 15 is 0 Å². The summed E-state index contributed by atoms with van der Waals surface area (Å²) in [5.74, 6) is -1.45. The van der Waals surface area contributed by atoms with Crippen LogP contribution in [-0.4, -0.2) is 32.8 Å². The average molecular weight is 486 g/mol. The van der Waals surface area contributed by atoms with E-state index in [-0.39, 0.29) is 29.9 Å². The van der Waals surface area contributed by atoms with E-state index in [4.69, 9.17) is 5.11 Å². The third kappa shape index (κ3) is 5.30. The highest BCUT2D eigenvalue weighted by Crippen LogP contribution is 2.28. The quantitative estimate of drug-likeness (QED) is 0.354. The second kappa shape index (κ2) is 10.3. The Morgan fingerprint density at radius 2 is 1.67 bits per heavy atom. The molecule has 0 radical (unpaired) electrons. The number of nitrogens with one attached hydrogen (secondary N) is 1. The summed E-state index contributed by atoms with van der Waals surface area (Å²) in [4.78, 5) is 24.2. The SMILES string of the molecule is O=C(O)CC1CCC(NC(=O)c2cc(F)cc3cnn(Cc4ccc(-c5ccccc5)cc4)c23)CC1. The van der Waals surface area contributed by atoms with Crippen LogP contribution < -0.4 is 5.32 Å². The van der Waals surface area contributed by atoms with Crippen LogP contribution in [-0.2, 0) is 11.3 Å². The van der Waals surface area contributed by atoms with E-state index in [2.05, 4.69) is 34.7 Å². The van der Waals surface area contributed by atoms with Gasteiger partial charge in [-0.2, -0.15) is 5.10 Å². The molecule has 36 heavy (non-hydrogen) atoms. The van der Waals surface area contributed by atoms with Crippen molar-refractivity contribution in [2.75, 3.05) is 0 Å². The zero-order chi connectivity index (χ0) is 25.1. The van der Waals surface area contributed by atoms with Crippen molar-refractivity contribution in [3.05, 3.63) is 89.9 Å². The second-order valence-corrected chi connectivity index (χ2v) is 9.55. The third-order valence-electron chi connectivity index (χ3n) is 6.98. The lowest BCUT2D eigenvalue weighted by Gasteiger charge is -2.28. The highest BCUT2D eigenvalue weighted by Gasteiger charge is 2.25. The van der Waals surface area contributed by atoms with Crippen molar-refractivity contribution in [3.63, 3.8) is 0 Å². The highest BCUT2D eigenvalue weighted by atomic mass is 19.1. The van der Waals surface area contributed by atoms with Gasteiger partial charge in [0.15, 0.2) is 0 Å². The molecule has 0 aliphatic heterocycles. The van der Waals surface area contributed by atoms with Crippen LogP contribution in [0, 0.1) is 11.7 Å². The van der Waals surface area contributed by atoms with Crippen molar-refractivity contribution < 1.29 is 19.1 Å². The Hall–Kier alpha value is -4.00.